The van der Waals surface area contributed by atoms with Gasteiger partial charge in [-0.25, -0.2) is 0 Å². The molecule has 21 heavy (non-hydrogen) atoms. The predicted molar refractivity (Wildman–Crippen MR) is 79.6 cm³/mol. The second-order valence-corrected chi connectivity index (χ2v) is 6.29. The third-order valence-corrected chi connectivity index (χ3v) is 4.47. The molecule has 0 radical (unpaired) electrons. The Morgan fingerprint density at radius 3 is 2.48 bits per heavy atom. The summed E-state index contributed by atoms with van der Waals surface area (Å²) in [4.78, 5) is 23.5. The number of carboxylic acids is 2. The average molecular weight is 309 g/mol. The highest BCUT2D eigenvalue weighted by Crippen LogP contribution is 2.46. The summed E-state index contributed by atoms with van der Waals surface area (Å²) in [6, 6.07) is 5.09. The lowest BCUT2D eigenvalue weighted by Crippen LogP contribution is -2.45. The quantitative estimate of drug-likeness (QED) is 0.839. The van der Waals surface area contributed by atoms with Crippen LogP contribution in [0.5, 0.6) is 0 Å². The highest BCUT2D eigenvalue weighted by atomic mass is 35.5. The number of aryl methyl sites for hydroxylation is 1. The molecule has 0 aliphatic heterocycles. The van der Waals surface area contributed by atoms with Crippen LogP contribution in [0.3, 0.4) is 0 Å². The number of rotatable bonds is 3. The standard InChI is InChI=1S/C16H17ClO4/c1-10-4-5-11(17)8-12(10)16(14(20)21)7-3-6-15(2,9-16)13(18)19/h3-6,8H,7,9H2,1-2H3,(H,18,19)(H,20,21). The number of benzene rings is 1. The minimum atomic E-state index is -1.27. The third-order valence-electron chi connectivity index (χ3n) is 4.23. The van der Waals surface area contributed by atoms with Gasteiger partial charge in [0.25, 0.3) is 0 Å². The first-order chi connectivity index (χ1) is 9.71. The summed E-state index contributed by atoms with van der Waals surface area (Å²) in [5, 5.41) is 19.7. The number of halogens is 1. The zero-order valence-corrected chi connectivity index (χ0v) is 12.6. The molecule has 2 rings (SSSR count). The van der Waals surface area contributed by atoms with E-state index in [9.17, 15) is 19.8 Å². The van der Waals surface area contributed by atoms with Gasteiger partial charge in [-0.1, -0.05) is 29.8 Å². The van der Waals surface area contributed by atoms with Crippen molar-refractivity contribution in [2.75, 3.05) is 0 Å². The van der Waals surface area contributed by atoms with Gasteiger partial charge in [0.15, 0.2) is 0 Å². The zero-order chi connectivity index (χ0) is 15.8. The van der Waals surface area contributed by atoms with Crippen molar-refractivity contribution in [3.05, 3.63) is 46.5 Å². The topological polar surface area (TPSA) is 74.6 Å². The van der Waals surface area contributed by atoms with Crippen molar-refractivity contribution < 1.29 is 19.8 Å². The molecule has 2 N–H and O–H groups in total. The largest absolute Gasteiger partial charge is 0.481 e. The lowest BCUT2D eigenvalue weighted by atomic mass is 9.62. The fourth-order valence-electron chi connectivity index (χ4n) is 3.02. The average Bonchev–Trinajstić information content (AvgIpc) is 2.41. The summed E-state index contributed by atoms with van der Waals surface area (Å²) in [7, 11) is 0. The van der Waals surface area contributed by atoms with Crippen molar-refractivity contribution in [2.24, 2.45) is 5.41 Å². The van der Waals surface area contributed by atoms with E-state index in [2.05, 4.69) is 0 Å². The molecule has 0 saturated heterocycles. The summed E-state index contributed by atoms with van der Waals surface area (Å²) in [6.07, 6.45) is 3.48. The molecule has 1 aromatic rings. The molecular formula is C16H17ClO4. The van der Waals surface area contributed by atoms with Crippen LogP contribution in [0.15, 0.2) is 30.4 Å². The van der Waals surface area contributed by atoms with Crippen LogP contribution >= 0.6 is 11.6 Å². The molecule has 1 aromatic carbocycles. The van der Waals surface area contributed by atoms with E-state index >= 15 is 0 Å². The Labute approximate surface area is 128 Å². The fourth-order valence-corrected chi connectivity index (χ4v) is 3.19. The normalized spacial score (nSPS) is 28.3. The summed E-state index contributed by atoms with van der Waals surface area (Å²) < 4.78 is 0. The number of carbonyl (C=O) groups is 2. The minimum Gasteiger partial charge on any atom is -0.481 e. The van der Waals surface area contributed by atoms with E-state index in [1.54, 1.807) is 37.3 Å². The molecular weight excluding hydrogens is 292 g/mol. The van der Waals surface area contributed by atoms with Gasteiger partial charge in [0.1, 0.15) is 0 Å². The molecule has 2 unspecified atom stereocenters. The van der Waals surface area contributed by atoms with Crippen LogP contribution in [0.1, 0.15) is 30.9 Å². The van der Waals surface area contributed by atoms with E-state index in [-0.39, 0.29) is 12.8 Å². The van der Waals surface area contributed by atoms with Gasteiger partial charge >= 0.3 is 11.9 Å². The van der Waals surface area contributed by atoms with E-state index in [1.165, 1.54) is 0 Å². The molecule has 4 nitrogen and oxygen atoms in total. The van der Waals surface area contributed by atoms with Gasteiger partial charge in [0, 0.05) is 5.02 Å². The van der Waals surface area contributed by atoms with Crippen molar-refractivity contribution in [1.29, 1.82) is 0 Å². The third kappa shape index (κ3) is 2.56. The van der Waals surface area contributed by atoms with Gasteiger partial charge < -0.3 is 10.2 Å². The second kappa shape index (κ2) is 5.19. The number of carboxylic acid groups (broad SMARTS) is 2. The number of allylic oxidation sites excluding steroid dienone is 1. The van der Waals surface area contributed by atoms with E-state index in [0.29, 0.717) is 10.6 Å². The summed E-state index contributed by atoms with van der Waals surface area (Å²) >= 11 is 6.01. The van der Waals surface area contributed by atoms with Crippen LogP contribution < -0.4 is 0 Å². The van der Waals surface area contributed by atoms with Crippen LogP contribution in [0, 0.1) is 12.3 Å². The molecule has 112 valence electrons. The van der Waals surface area contributed by atoms with E-state index in [0.717, 1.165) is 5.56 Å². The first kappa shape index (κ1) is 15.6. The molecule has 0 fully saturated rings. The van der Waals surface area contributed by atoms with E-state index < -0.39 is 22.8 Å². The van der Waals surface area contributed by atoms with Crippen molar-refractivity contribution in [3.8, 4) is 0 Å². The van der Waals surface area contributed by atoms with Crippen molar-refractivity contribution in [1.82, 2.24) is 0 Å². The van der Waals surface area contributed by atoms with Crippen LogP contribution in [-0.2, 0) is 15.0 Å². The molecule has 2 atom stereocenters. The smallest absolute Gasteiger partial charge is 0.314 e. The summed E-state index contributed by atoms with van der Waals surface area (Å²) in [5.74, 6) is -2.05. The maximum Gasteiger partial charge on any atom is 0.314 e. The number of hydrogen-bond donors (Lipinski definition) is 2. The molecule has 0 spiro atoms. The Hall–Kier alpha value is -1.81. The summed E-state index contributed by atoms with van der Waals surface area (Å²) in [5.41, 5.74) is -1.09. The first-order valence-corrected chi connectivity index (χ1v) is 7.00. The SMILES string of the molecule is Cc1ccc(Cl)cc1C1(C(=O)O)CC=CC(C)(C(=O)O)C1. The Morgan fingerprint density at radius 2 is 1.90 bits per heavy atom. The van der Waals surface area contributed by atoms with Gasteiger partial charge in [-0.2, -0.15) is 0 Å². The lowest BCUT2D eigenvalue weighted by Gasteiger charge is -2.39. The highest BCUT2D eigenvalue weighted by molar-refractivity contribution is 6.30. The highest BCUT2D eigenvalue weighted by Gasteiger charge is 2.50. The Morgan fingerprint density at radius 1 is 1.24 bits per heavy atom. The van der Waals surface area contributed by atoms with Gasteiger partial charge in [-0.15, -0.1) is 0 Å². The molecule has 0 amide bonds. The van der Waals surface area contributed by atoms with Crippen molar-refractivity contribution >= 4 is 23.5 Å². The van der Waals surface area contributed by atoms with Crippen LogP contribution in [-0.4, -0.2) is 22.2 Å². The molecule has 5 heteroatoms. The number of hydrogen-bond acceptors (Lipinski definition) is 2. The maximum atomic E-state index is 12.0. The maximum absolute atomic E-state index is 12.0. The Bertz CT molecular complexity index is 637. The number of aliphatic carboxylic acids is 2. The molecule has 0 aromatic heterocycles. The Kier molecular flexibility index (Phi) is 3.85. The lowest BCUT2D eigenvalue weighted by molar-refractivity contribution is -0.151. The van der Waals surface area contributed by atoms with Gasteiger partial charge in [-0.3, -0.25) is 9.59 Å². The van der Waals surface area contributed by atoms with Crippen LogP contribution in [0.2, 0.25) is 5.02 Å². The van der Waals surface area contributed by atoms with Gasteiger partial charge in [0.05, 0.1) is 10.8 Å². The van der Waals surface area contributed by atoms with Crippen LogP contribution in [0.4, 0.5) is 0 Å². The molecule has 0 bridgehead atoms. The molecule has 0 heterocycles. The van der Waals surface area contributed by atoms with E-state index in [4.69, 9.17) is 11.6 Å². The van der Waals surface area contributed by atoms with E-state index in [1.807, 2.05) is 6.92 Å². The molecule has 0 saturated carbocycles. The fraction of sp³-hybridized carbons (Fsp3) is 0.375. The van der Waals surface area contributed by atoms with Gasteiger partial charge in [-0.05, 0) is 49.9 Å². The summed E-state index contributed by atoms with van der Waals surface area (Å²) in [6.45, 7) is 3.36. The Balaban J connectivity index is 2.63. The van der Waals surface area contributed by atoms with Gasteiger partial charge in [0.2, 0.25) is 0 Å². The molecule has 1 aliphatic rings. The van der Waals surface area contributed by atoms with Crippen molar-refractivity contribution in [3.63, 3.8) is 0 Å². The minimum absolute atomic E-state index is 0.00233. The monoisotopic (exact) mass is 308 g/mol. The second-order valence-electron chi connectivity index (χ2n) is 5.85. The predicted octanol–water partition coefficient (Wildman–Crippen LogP) is 3.41. The molecule has 1 aliphatic carbocycles. The van der Waals surface area contributed by atoms with Crippen molar-refractivity contribution in [2.45, 2.75) is 32.1 Å². The zero-order valence-electron chi connectivity index (χ0n) is 11.9. The van der Waals surface area contributed by atoms with Crippen LogP contribution in [0.25, 0.3) is 0 Å². The first-order valence-electron chi connectivity index (χ1n) is 6.62.